The summed E-state index contributed by atoms with van der Waals surface area (Å²) >= 11 is 5.99. The number of hydrogen-bond acceptors (Lipinski definition) is 3. The highest BCUT2D eigenvalue weighted by molar-refractivity contribution is 6.31. The number of rotatable bonds is 3. The van der Waals surface area contributed by atoms with Gasteiger partial charge < -0.3 is 5.73 Å². The average Bonchev–Trinajstić information content (AvgIpc) is 2.69. The summed E-state index contributed by atoms with van der Waals surface area (Å²) in [5.74, 6) is 0. The number of aromatic nitrogens is 3. The molecule has 2 aromatic heterocycles. The maximum Gasteiger partial charge on any atom is 0.0760 e. The van der Waals surface area contributed by atoms with Gasteiger partial charge in [-0.1, -0.05) is 11.6 Å². The summed E-state index contributed by atoms with van der Waals surface area (Å²) in [4.78, 5) is 3.93. The van der Waals surface area contributed by atoms with Gasteiger partial charge in [0.05, 0.1) is 17.3 Å². The Labute approximate surface area is 92.7 Å². The van der Waals surface area contributed by atoms with Gasteiger partial charge in [-0.3, -0.25) is 9.67 Å². The zero-order valence-corrected chi connectivity index (χ0v) is 8.85. The highest BCUT2D eigenvalue weighted by atomic mass is 35.5. The summed E-state index contributed by atoms with van der Waals surface area (Å²) < 4.78 is 1.81. The first-order valence-corrected chi connectivity index (χ1v) is 4.98. The first kappa shape index (κ1) is 10.1. The van der Waals surface area contributed by atoms with E-state index in [1.165, 1.54) is 0 Å². The molecular weight excluding hydrogens is 212 g/mol. The molecule has 0 aliphatic heterocycles. The molecule has 2 N–H and O–H groups in total. The van der Waals surface area contributed by atoms with Gasteiger partial charge in [0.2, 0.25) is 0 Å². The SMILES string of the molecule is NCc1ccn(Cc2ccncc2Cl)n1. The van der Waals surface area contributed by atoms with Crippen LogP contribution in [0.5, 0.6) is 0 Å². The topological polar surface area (TPSA) is 56.7 Å². The minimum Gasteiger partial charge on any atom is -0.325 e. The van der Waals surface area contributed by atoms with Crippen molar-refractivity contribution >= 4 is 11.6 Å². The minimum atomic E-state index is 0.455. The molecule has 0 saturated heterocycles. The molecule has 0 aliphatic carbocycles. The molecule has 0 aromatic carbocycles. The zero-order chi connectivity index (χ0) is 10.7. The van der Waals surface area contributed by atoms with E-state index in [0.717, 1.165) is 11.3 Å². The van der Waals surface area contributed by atoms with Crippen LogP contribution in [0, 0.1) is 0 Å². The Morgan fingerprint density at radius 2 is 2.27 bits per heavy atom. The lowest BCUT2D eigenvalue weighted by Crippen LogP contribution is -2.03. The summed E-state index contributed by atoms with van der Waals surface area (Å²) in [5.41, 5.74) is 7.35. The van der Waals surface area contributed by atoms with E-state index in [1.54, 1.807) is 12.4 Å². The van der Waals surface area contributed by atoms with Crippen LogP contribution in [-0.4, -0.2) is 14.8 Å². The molecule has 2 rings (SSSR count). The number of nitrogens with zero attached hydrogens (tertiary/aromatic N) is 3. The van der Waals surface area contributed by atoms with Crippen molar-refractivity contribution in [3.05, 3.63) is 47.0 Å². The largest absolute Gasteiger partial charge is 0.325 e. The lowest BCUT2D eigenvalue weighted by atomic mass is 10.3. The van der Waals surface area contributed by atoms with E-state index in [9.17, 15) is 0 Å². The van der Waals surface area contributed by atoms with Crippen molar-refractivity contribution in [1.29, 1.82) is 0 Å². The molecule has 0 atom stereocenters. The fraction of sp³-hybridized carbons (Fsp3) is 0.200. The van der Waals surface area contributed by atoms with Gasteiger partial charge in [0.25, 0.3) is 0 Å². The Kier molecular flexibility index (Phi) is 2.99. The Balaban J connectivity index is 2.18. The van der Waals surface area contributed by atoms with Crippen molar-refractivity contribution in [3.63, 3.8) is 0 Å². The van der Waals surface area contributed by atoms with E-state index in [4.69, 9.17) is 17.3 Å². The van der Waals surface area contributed by atoms with E-state index in [-0.39, 0.29) is 0 Å². The van der Waals surface area contributed by atoms with Crippen LogP contribution < -0.4 is 5.73 Å². The van der Waals surface area contributed by atoms with E-state index in [2.05, 4.69) is 10.1 Å². The number of nitrogens with two attached hydrogens (primary N) is 1. The zero-order valence-electron chi connectivity index (χ0n) is 8.10. The highest BCUT2D eigenvalue weighted by Crippen LogP contribution is 2.14. The van der Waals surface area contributed by atoms with E-state index in [1.807, 2.05) is 23.0 Å². The molecule has 0 radical (unpaired) electrons. The third kappa shape index (κ3) is 2.34. The highest BCUT2D eigenvalue weighted by Gasteiger charge is 2.02. The van der Waals surface area contributed by atoms with Gasteiger partial charge >= 0.3 is 0 Å². The van der Waals surface area contributed by atoms with Gasteiger partial charge in [-0.2, -0.15) is 5.10 Å². The summed E-state index contributed by atoms with van der Waals surface area (Å²) in [6, 6.07) is 3.78. The first-order chi connectivity index (χ1) is 7.29. The molecule has 0 saturated carbocycles. The minimum absolute atomic E-state index is 0.455. The average molecular weight is 223 g/mol. The van der Waals surface area contributed by atoms with Crippen LogP contribution in [-0.2, 0) is 13.1 Å². The van der Waals surface area contributed by atoms with Gasteiger partial charge in [-0.15, -0.1) is 0 Å². The predicted octanol–water partition coefficient (Wildman–Crippen LogP) is 1.44. The normalized spacial score (nSPS) is 10.5. The van der Waals surface area contributed by atoms with E-state index >= 15 is 0 Å². The van der Waals surface area contributed by atoms with Crippen LogP contribution in [0.3, 0.4) is 0 Å². The molecule has 5 heteroatoms. The molecule has 0 unspecified atom stereocenters. The predicted molar refractivity (Wildman–Crippen MR) is 58.5 cm³/mol. The smallest absolute Gasteiger partial charge is 0.0760 e. The maximum absolute atomic E-state index is 5.99. The third-order valence-corrected chi connectivity index (χ3v) is 2.43. The van der Waals surface area contributed by atoms with Crippen LogP contribution in [0.4, 0.5) is 0 Å². The Morgan fingerprint density at radius 1 is 1.40 bits per heavy atom. The van der Waals surface area contributed by atoms with Crippen LogP contribution in [0.1, 0.15) is 11.3 Å². The number of halogens is 1. The van der Waals surface area contributed by atoms with Crippen LogP contribution in [0.15, 0.2) is 30.7 Å². The Morgan fingerprint density at radius 3 is 2.93 bits per heavy atom. The third-order valence-electron chi connectivity index (χ3n) is 2.09. The standard InChI is InChI=1S/C10H11ClN4/c11-10-6-13-3-1-8(10)7-15-4-2-9(5-12)14-15/h1-4,6H,5,7,12H2. The fourth-order valence-corrected chi connectivity index (χ4v) is 1.49. The Bertz CT molecular complexity index is 452. The molecule has 2 heterocycles. The second kappa shape index (κ2) is 4.42. The lowest BCUT2D eigenvalue weighted by molar-refractivity contribution is 0.671. The maximum atomic E-state index is 5.99. The summed E-state index contributed by atoms with van der Waals surface area (Å²) in [7, 11) is 0. The van der Waals surface area contributed by atoms with Crippen molar-refractivity contribution < 1.29 is 0 Å². The Hall–Kier alpha value is -1.39. The lowest BCUT2D eigenvalue weighted by Gasteiger charge is -2.03. The molecule has 0 aliphatic rings. The van der Waals surface area contributed by atoms with Crippen molar-refractivity contribution in [2.75, 3.05) is 0 Å². The second-order valence-corrected chi connectivity index (χ2v) is 3.58. The molecule has 15 heavy (non-hydrogen) atoms. The molecule has 0 amide bonds. The summed E-state index contributed by atoms with van der Waals surface area (Å²) in [5, 5.41) is 4.93. The summed E-state index contributed by atoms with van der Waals surface area (Å²) in [6.07, 6.45) is 5.23. The van der Waals surface area contributed by atoms with Gasteiger partial charge in [-0.25, -0.2) is 0 Å². The monoisotopic (exact) mass is 222 g/mol. The van der Waals surface area contributed by atoms with Crippen molar-refractivity contribution in [3.8, 4) is 0 Å². The van der Waals surface area contributed by atoms with Crippen LogP contribution >= 0.6 is 11.6 Å². The molecule has 0 fully saturated rings. The first-order valence-electron chi connectivity index (χ1n) is 4.60. The van der Waals surface area contributed by atoms with E-state index < -0.39 is 0 Å². The molecule has 0 spiro atoms. The molecule has 0 bridgehead atoms. The van der Waals surface area contributed by atoms with Crippen molar-refractivity contribution in [2.45, 2.75) is 13.1 Å². The van der Waals surface area contributed by atoms with Crippen molar-refractivity contribution in [1.82, 2.24) is 14.8 Å². The van der Waals surface area contributed by atoms with Crippen LogP contribution in [0.2, 0.25) is 5.02 Å². The molecule has 4 nitrogen and oxygen atoms in total. The number of hydrogen-bond donors (Lipinski definition) is 1. The second-order valence-electron chi connectivity index (χ2n) is 3.18. The van der Waals surface area contributed by atoms with Gasteiger partial charge in [0.1, 0.15) is 0 Å². The molecule has 2 aromatic rings. The van der Waals surface area contributed by atoms with Gasteiger partial charge in [-0.05, 0) is 17.7 Å². The summed E-state index contributed by atoms with van der Waals surface area (Å²) in [6.45, 7) is 1.10. The number of pyridine rings is 1. The fourth-order valence-electron chi connectivity index (χ4n) is 1.31. The molecular formula is C10H11ClN4. The molecule has 78 valence electrons. The van der Waals surface area contributed by atoms with Crippen LogP contribution in [0.25, 0.3) is 0 Å². The van der Waals surface area contributed by atoms with Gasteiger partial charge in [0, 0.05) is 25.1 Å². The van der Waals surface area contributed by atoms with E-state index in [0.29, 0.717) is 18.1 Å². The van der Waals surface area contributed by atoms with Crippen molar-refractivity contribution in [2.24, 2.45) is 5.73 Å². The quantitative estimate of drug-likeness (QED) is 0.855. The van der Waals surface area contributed by atoms with Gasteiger partial charge in [0.15, 0.2) is 0 Å².